The van der Waals surface area contributed by atoms with Gasteiger partial charge in [0.2, 0.25) is 0 Å². The van der Waals surface area contributed by atoms with Gasteiger partial charge in [0, 0.05) is 48.0 Å². The fraction of sp³-hybridized carbons (Fsp3) is 0. The monoisotopic (exact) mass is 667 g/mol. The van der Waals surface area contributed by atoms with Crippen molar-refractivity contribution in [2.24, 2.45) is 0 Å². The van der Waals surface area contributed by atoms with E-state index in [-0.39, 0.29) is 0 Å². The van der Waals surface area contributed by atoms with Gasteiger partial charge in [-0.25, -0.2) is 0 Å². The molecule has 0 bridgehead atoms. The van der Waals surface area contributed by atoms with Crippen LogP contribution in [0.1, 0.15) is 0 Å². The Labute approximate surface area is 298 Å². The molecule has 9 aromatic carbocycles. The van der Waals surface area contributed by atoms with Gasteiger partial charge in [0.1, 0.15) is 11.2 Å². The van der Waals surface area contributed by atoms with Crippen LogP contribution in [0.2, 0.25) is 0 Å². The first-order valence-electron chi connectivity index (χ1n) is 17.3. The maximum absolute atomic E-state index is 6.53. The number of furan rings is 1. The van der Waals surface area contributed by atoms with Gasteiger partial charge in [0.25, 0.3) is 0 Å². The van der Waals surface area contributed by atoms with E-state index in [0.29, 0.717) is 0 Å². The Kier molecular flexibility index (Phi) is 6.16. The van der Waals surface area contributed by atoms with E-state index < -0.39 is 0 Å². The van der Waals surface area contributed by atoms with E-state index in [4.69, 9.17) is 4.42 Å². The van der Waals surface area contributed by atoms with E-state index in [1.54, 1.807) is 0 Å². The fourth-order valence-electron chi connectivity index (χ4n) is 8.07. The first-order chi connectivity index (χ1) is 25.3. The van der Waals surface area contributed by atoms with Crippen LogP contribution >= 0.6 is 11.3 Å². The molecular weight excluding hydrogens is 639 g/mol. The van der Waals surface area contributed by atoms with E-state index >= 15 is 0 Å². The zero-order valence-electron chi connectivity index (χ0n) is 27.5. The fourth-order valence-corrected chi connectivity index (χ4v) is 9.18. The van der Waals surface area contributed by atoms with Gasteiger partial charge in [-0.05, 0) is 110 Å². The van der Waals surface area contributed by atoms with Crippen LogP contribution in [-0.2, 0) is 0 Å². The summed E-state index contributed by atoms with van der Waals surface area (Å²) < 4.78 is 9.13. The Morgan fingerprint density at radius 1 is 0.373 bits per heavy atom. The quantitative estimate of drug-likeness (QED) is 0.174. The molecule has 2 nitrogen and oxygen atoms in total. The molecule has 0 spiro atoms. The summed E-state index contributed by atoms with van der Waals surface area (Å²) in [6.07, 6.45) is 0. The zero-order chi connectivity index (χ0) is 33.5. The molecular formula is C48H29NOS. The molecule has 0 unspecified atom stereocenters. The lowest BCUT2D eigenvalue weighted by atomic mass is 9.95. The average molecular weight is 668 g/mol. The first-order valence-corrected chi connectivity index (χ1v) is 18.1. The summed E-state index contributed by atoms with van der Waals surface area (Å²) >= 11 is 1.86. The van der Waals surface area contributed by atoms with Crippen molar-refractivity contribution in [1.82, 2.24) is 0 Å². The van der Waals surface area contributed by atoms with E-state index in [1.807, 2.05) is 11.3 Å². The van der Waals surface area contributed by atoms with Crippen molar-refractivity contribution in [3.8, 4) is 11.1 Å². The number of fused-ring (bicyclic) bond motifs is 11. The number of nitrogens with zero attached hydrogens (tertiary/aromatic N) is 1. The van der Waals surface area contributed by atoms with Crippen LogP contribution in [0.15, 0.2) is 180 Å². The number of hydrogen-bond acceptors (Lipinski definition) is 3. The normalized spacial score (nSPS) is 11.9. The van der Waals surface area contributed by atoms with Gasteiger partial charge in [-0.1, -0.05) is 109 Å². The molecule has 11 aromatic rings. The molecule has 0 amide bonds. The number of anilines is 3. The second-order valence-electron chi connectivity index (χ2n) is 13.3. The summed E-state index contributed by atoms with van der Waals surface area (Å²) in [6, 6.07) is 63.8. The Morgan fingerprint density at radius 3 is 1.94 bits per heavy atom. The number of benzene rings is 9. The largest absolute Gasteiger partial charge is 0.456 e. The Hall–Kier alpha value is -6.42. The molecule has 0 atom stereocenters. The van der Waals surface area contributed by atoms with E-state index in [9.17, 15) is 0 Å². The third-order valence-electron chi connectivity index (χ3n) is 10.4. The third-order valence-corrected chi connectivity index (χ3v) is 11.5. The summed E-state index contributed by atoms with van der Waals surface area (Å²) in [5.74, 6) is 0. The zero-order valence-corrected chi connectivity index (χ0v) is 28.3. The molecule has 0 aliphatic heterocycles. The van der Waals surface area contributed by atoms with Crippen molar-refractivity contribution in [2.75, 3.05) is 4.90 Å². The van der Waals surface area contributed by atoms with Gasteiger partial charge in [-0.15, -0.1) is 11.3 Å². The van der Waals surface area contributed by atoms with Crippen LogP contribution in [0.5, 0.6) is 0 Å². The van der Waals surface area contributed by atoms with Crippen molar-refractivity contribution < 1.29 is 4.42 Å². The smallest absolute Gasteiger partial charge is 0.136 e. The summed E-state index contributed by atoms with van der Waals surface area (Å²) in [5.41, 5.74) is 7.43. The van der Waals surface area contributed by atoms with Crippen molar-refractivity contribution in [1.29, 1.82) is 0 Å². The molecule has 3 heteroatoms. The maximum atomic E-state index is 6.53. The van der Waals surface area contributed by atoms with Gasteiger partial charge < -0.3 is 9.32 Å². The molecule has 0 fully saturated rings. The van der Waals surface area contributed by atoms with Crippen LogP contribution < -0.4 is 4.90 Å². The van der Waals surface area contributed by atoms with Crippen LogP contribution in [0.4, 0.5) is 17.1 Å². The third kappa shape index (κ3) is 4.42. The lowest BCUT2D eigenvalue weighted by Gasteiger charge is -2.25. The minimum Gasteiger partial charge on any atom is -0.456 e. The van der Waals surface area contributed by atoms with E-state index in [0.717, 1.165) is 39.0 Å². The van der Waals surface area contributed by atoms with Crippen molar-refractivity contribution in [2.45, 2.75) is 0 Å². The topological polar surface area (TPSA) is 16.4 Å². The van der Waals surface area contributed by atoms with Crippen LogP contribution in [0, 0.1) is 0 Å². The summed E-state index contributed by atoms with van der Waals surface area (Å²) in [6.45, 7) is 0. The minimum atomic E-state index is 0.881. The standard InChI is InChI=1S/C48H29NOS/c1-2-11-34(12-3-1)49(36-22-26-45-42(29-36)48-39-14-7-5-10-31(39)20-25-46(48)51-45)35-21-24-43-41(28-35)47-40(15-8-16-44(47)50-43)33-19-23-38-32(27-33)18-17-30-9-4-6-13-37(30)38/h1-29H. The Bertz CT molecular complexity index is 3150. The van der Waals surface area contributed by atoms with Gasteiger partial charge >= 0.3 is 0 Å². The predicted octanol–water partition coefficient (Wildman–Crippen LogP) is 14.6. The first kappa shape index (κ1) is 28.4. The molecule has 0 aliphatic rings. The van der Waals surface area contributed by atoms with E-state index in [1.165, 1.54) is 63.6 Å². The van der Waals surface area contributed by atoms with E-state index in [2.05, 4.69) is 181 Å². The molecule has 0 saturated heterocycles. The van der Waals surface area contributed by atoms with Gasteiger partial charge in [-0.2, -0.15) is 0 Å². The highest BCUT2D eigenvalue weighted by Gasteiger charge is 2.19. The molecule has 0 N–H and O–H groups in total. The second kappa shape index (κ2) is 11.0. The molecule has 2 heterocycles. The van der Waals surface area contributed by atoms with Gasteiger partial charge in [0.05, 0.1) is 0 Å². The van der Waals surface area contributed by atoms with Crippen molar-refractivity contribution in [3.63, 3.8) is 0 Å². The Balaban J connectivity index is 1.12. The second-order valence-corrected chi connectivity index (χ2v) is 14.4. The van der Waals surface area contributed by atoms with Crippen molar-refractivity contribution in [3.05, 3.63) is 176 Å². The minimum absolute atomic E-state index is 0.881. The highest BCUT2D eigenvalue weighted by atomic mass is 32.1. The highest BCUT2D eigenvalue weighted by Crippen LogP contribution is 2.45. The SMILES string of the molecule is c1ccc(N(c2ccc3oc4cccc(-c5ccc6c(ccc7ccccc76)c5)c4c3c2)c2ccc3sc4ccc5ccccc5c4c3c2)cc1. The molecule has 0 aliphatic carbocycles. The van der Waals surface area contributed by atoms with Crippen LogP contribution in [0.3, 0.4) is 0 Å². The lowest BCUT2D eigenvalue weighted by Crippen LogP contribution is -2.09. The average Bonchev–Trinajstić information content (AvgIpc) is 3.76. The number of hydrogen-bond donors (Lipinski definition) is 0. The number of rotatable bonds is 4. The van der Waals surface area contributed by atoms with Gasteiger partial charge in [0.15, 0.2) is 0 Å². The summed E-state index contributed by atoms with van der Waals surface area (Å²) in [7, 11) is 0. The molecule has 51 heavy (non-hydrogen) atoms. The molecule has 0 saturated carbocycles. The Morgan fingerprint density at radius 2 is 1.06 bits per heavy atom. The summed E-state index contributed by atoms with van der Waals surface area (Å²) in [5, 5.41) is 12.4. The highest BCUT2D eigenvalue weighted by molar-refractivity contribution is 7.26. The molecule has 0 radical (unpaired) electrons. The predicted molar refractivity (Wildman–Crippen MR) is 219 cm³/mol. The number of thiophene rings is 1. The van der Waals surface area contributed by atoms with Crippen LogP contribution in [0.25, 0.3) is 85.6 Å². The van der Waals surface area contributed by atoms with Gasteiger partial charge in [-0.3, -0.25) is 0 Å². The summed E-state index contributed by atoms with van der Waals surface area (Å²) in [4.78, 5) is 2.37. The maximum Gasteiger partial charge on any atom is 0.136 e. The lowest BCUT2D eigenvalue weighted by molar-refractivity contribution is 0.669. The molecule has 2 aromatic heterocycles. The molecule has 238 valence electrons. The van der Waals surface area contributed by atoms with Crippen molar-refractivity contribution >= 4 is 103 Å². The van der Waals surface area contributed by atoms with Crippen LogP contribution in [-0.4, -0.2) is 0 Å². The number of para-hydroxylation sites is 1. The molecule has 11 rings (SSSR count).